The van der Waals surface area contributed by atoms with E-state index in [-0.39, 0.29) is 36.2 Å². The molecule has 0 aliphatic carbocycles. The number of hydrogen-bond acceptors (Lipinski definition) is 10. The van der Waals surface area contributed by atoms with Crippen LogP contribution < -0.4 is 0 Å². The van der Waals surface area contributed by atoms with Gasteiger partial charge in [-0.15, -0.1) is 0 Å². The van der Waals surface area contributed by atoms with Gasteiger partial charge in [0.15, 0.2) is 0 Å². The molecule has 34 heavy (non-hydrogen) atoms. The van der Waals surface area contributed by atoms with E-state index in [0.717, 1.165) is 12.1 Å². The van der Waals surface area contributed by atoms with Crippen LogP contribution in [0.2, 0.25) is 0 Å². The van der Waals surface area contributed by atoms with Crippen LogP contribution in [0.3, 0.4) is 0 Å². The van der Waals surface area contributed by atoms with Crippen molar-refractivity contribution in [2.75, 3.05) is 14.2 Å². The number of carboxylic acids is 3. The van der Waals surface area contributed by atoms with Crippen LogP contribution in [0.1, 0.15) is 66.0 Å². The van der Waals surface area contributed by atoms with E-state index in [9.17, 15) is 24.0 Å². The maximum Gasteiger partial charge on any atom is 0.373 e. The minimum Gasteiger partial charge on any atom is -0.475 e. The molecule has 0 bridgehead atoms. The molecule has 3 heterocycles. The van der Waals surface area contributed by atoms with Gasteiger partial charge in [-0.25, -0.2) is 24.0 Å². The maximum absolute atomic E-state index is 10.7. The van der Waals surface area contributed by atoms with E-state index in [0.29, 0.717) is 5.76 Å². The smallest absolute Gasteiger partial charge is 0.373 e. The quantitative estimate of drug-likeness (QED) is 0.446. The summed E-state index contributed by atoms with van der Waals surface area (Å²) in [5, 5.41) is 25.0. The second-order valence-corrected chi connectivity index (χ2v) is 5.64. The number of carboxylic acid groups (broad SMARTS) is 3. The maximum atomic E-state index is 10.7. The molecule has 0 aromatic carbocycles. The minimum absolute atomic E-state index is 0. The molecule has 0 aliphatic heterocycles. The number of methoxy groups -OCH3 is 2. The number of rotatable bonds is 5. The Labute approximate surface area is 192 Å². The summed E-state index contributed by atoms with van der Waals surface area (Å²) in [6.07, 6.45) is 0. The van der Waals surface area contributed by atoms with E-state index in [2.05, 4.69) is 18.3 Å². The zero-order chi connectivity index (χ0) is 25.1. The van der Waals surface area contributed by atoms with E-state index in [1.54, 1.807) is 19.1 Å². The van der Waals surface area contributed by atoms with Gasteiger partial charge in [0.05, 0.1) is 14.2 Å². The highest BCUT2D eigenvalue weighted by atomic mass is 16.5. The Bertz CT molecular complexity index is 1100. The number of esters is 2. The molecule has 13 nitrogen and oxygen atoms in total. The molecule has 0 atom stereocenters. The topological polar surface area (TPSA) is 204 Å². The van der Waals surface area contributed by atoms with Crippen molar-refractivity contribution in [3.05, 3.63) is 71.0 Å². The van der Waals surface area contributed by atoms with Gasteiger partial charge >= 0.3 is 29.8 Å². The van der Waals surface area contributed by atoms with Gasteiger partial charge in [0.2, 0.25) is 28.8 Å². The molecule has 0 saturated heterocycles. The van der Waals surface area contributed by atoms with Gasteiger partial charge in [-0.3, -0.25) is 0 Å². The lowest BCUT2D eigenvalue weighted by molar-refractivity contribution is 0.0548. The average Bonchev–Trinajstić information content (AvgIpc) is 3.53. The summed E-state index contributed by atoms with van der Waals surface area (Å²) >= 11 is 0. The van der Waals surface area contributed by atoms with Crippen molar-refractivity contribution >= 4 is 29.8 Å². The first kappa shape index (κ1) is 29.2. The number of aryl methyl sites for hydroxylation is 1. The SMILES string of the molecule is C.COC(=O)c1ccc(C(=O)O)o1.COC(=O)c1ccc(C)o1.O=C(O)c1ccc(C(=O)O)o1. The molecule has 3 aromatic rings. The largest absolute Gasteiger partial charge is 0.475 e. The predicted molar refractivity (Wildman–Crippen MR) is 111 cm³/mol. The van der Waals surface area contributed by atoms with Crippen molar-refractivity contribution in [2.24, 2.45) is 0 Å². The number of aromatic carboxylic acids is 3. The fourth-order valence-electron chi connectivity index (χ4n) is 1.88. The molecule has 0 fully saturated rings. The van der Waals surface area contributed by atoms with Gasteiger partial charge in [-0.1, -0.05) is 7.43 Å². The zero-order valence-corrected chi connectivity index (χ0v) is 17.4. The van der Waals surface area contributed by atoms with E-state index in [4.69, 9.17) is 19.7 Å². The number of carbonyl (C=O) groups excluding carboxylic acids is 2. The van der Waals surface area contributed by atoms with Crippen LogP contribution in [-0.2, 0) is 9.47 Å². The zero-order valence-electron chi connectivity index (χ0n) is 17.4. The number of hydrogen-bond donors (Lipinski definition) is 3. The summed E-state index contributed by atoms with van der Waals surface area (Å²) in [7, 11) is 2.51. The summed E-state index contributed by atoms with van der Waals surface area (Å²) in [5.74, 6) is -5.09. The molecule has 0 radical (unpaired) electrons. The highest BCUT2D eigenvalue weighted by Gasteiger charge is 2.14. The second-order valence-electron chi connectivity index (χ2n) is 5.64. The first-order valence-corrected chi connectivity index (χ1v) is 8.62. The van der Waals surface area contributed by atoms with Gasteiger partial charge in [0, 0.05) is 0 Å². The van der Waals surface area contributed by atoms with Crippen molar-refractivity contribution < 1.29 is 62.0 Å². The molecule has 184 valence electrons. The lowest BCUT2D eigenvalue weighted by Gasteiger charge is -1.91. The molecule has 13 heteroatoms. The molecule has 0 aliphatic rings. The molecule has 3 aromatic heterocycles. The Hall–Kier alpha value is -4.81. The lowest BCUT2D eigenvalue weighted by atomic mass is 10.4. The highest BCUT2D eigenvalue weighted by molar-refractivity contribution is 5.90. The van der Waals surface area contributed by atoms with Gasteiger partial charge in [-0.2, -0.15) is 0 Å². The second kappa shape index (κ2) is 13.6. The van der Waals surface area contributed by atoms with Crippen molar-refractivity contribution in [3.8, 4) is 0 Å². The monoisotopic (exact) mass is 482 g/mol. The van der Waals surface area contributed by atoms with Crippen LogP contribution in [0.4, 0.5) is 0 Å². The van der Waals surface area contributed by atoms with Gasteiger partial charge in [0.25, 0.3) is 0 Å². The first-order chi connectivity index (χ1) is 15.5. The number of furan rings is 3. The number of ether oxygens (including phenoxy) is 2. The summed E-state index contributed by atoms with van der Waals surface area (Å²) in [4.78, 5) is 52.0. The van der Waals surface area contributed by atoms with Gasteiger partial charge < -0.3 is 38.0 Å². The summed E-state index contributed by atoms with van der Waals surface area (Å²) < 4.78 is 22.7. The fraction of sp³-hybridized carbons (Fsp3) is 0.190. The standard InChI is InChI=1S/C7H6O5.C7H8O3.C6H4O5.CH4/c1-11-7(10)5-3-2-4(12-5)6(8)9;1-5-3-4-6(10-5)7(8)9-2;7-5(8)3-1-2-4(11-3)6(9)10;/h2-3H,1H3,(H,8,9);3-4H,1-2H3;1-2H,(H,7,8)(H,9,10);1H4. The Kier molecular flexibility index (Phi) is 11.6. The average molecular weight is 482 g/mol. The molecule has 3 N–H and O–H groups in total. The van der Waals surface area contributed by atoms with Crippen molar-refractivity contribution in [1.29, 1.82) is 0 Å². The van der Waals surface area contributed by atoms with Crippen LogP contribution in [0.5, 0.6) is 0 Å². The van der Waals surface area contributed by atoms with Crippen LogP contribution in [-0.4, -0.2) is 59.4 Å². The third-order valence-corrected chi connectivity index (χ3v) is 3.36. The van der Waals surface area contributed by atoms with E-state index >= 15 is 0 Å². The van der Waals surface area contributed by atoms with Gasteiger partial charge in [0.1, 0.15) is 5.76 Å². The summed E-state index contributed by atoms with van der Waals surface area (Å²) in [6.45, 7) is 1.77. The van der Waals surface area contributed by atoms with E-state index < -0.39 is 29.8 Å². The molecule has 0 unspecified atom stereocenters. The number of carbonyl (C=O) groups is 5. The third-order valence-electron chi connectivity index (χ3n) is 3.36. The van der Waals surface area contributed by atoms with Crippen LogP contribution in [0.25, 0.3) is 0 Å². The molecule has 0 spiro atoms. The lowest BCUT2D eigenvalue weighted by Crippen LogP contribution is -1.99. The van der Waals surface area contributed by atoms with Crippen molar-refractivity contribution in [3.63, 3.8) is 0 Å². The van der Waals surface area contributed by atoms with Crippen LogP contribution in [0.15, 0.2) is 49.6 Å². The summed E-state index contributed by atoms with van der Waals surface area (Å²) in [6, 6.07) is 7.91. The van der Waals surface area contributed by atoms with Crippen molar-refractivity contribution in [1.82, 2.24) is 0 Å². The van der Waals surface area contributed by atoms with E-state index in [1.165, 1.54) is 26.4 Å². The molecular formula is C21H22O13. The van der Waals surface area contributed by atoms with Crippen LogP contribution >= 0.6 is 0 Å². The predicted octanol–water partition coefficient (Wildman–Crippen LogP) is 3.45. The summed E-state index contributed by atoms with van der Waals surface area (Å²) in [5.41, 5.74) is 0. The van der Waals surface area contributed by atoms with Gasteiger partial charge in [-0.05, 0) is 43.3 Å². The first-order valence-electron chi connectivity index (χ1n) is 8.62. The minimum atomic E-state index is -1.28. The fourth-order valence-corrected chi connectivity index (χ4v) is 1.88. The molecule has 0 saturated carbocycles. The Balaban J connectivity index is 0.000000475. The molecule has 3 rings (SSSR count). The molecular weight excluding hydrogens is 460 g/mol. The van der Waals surface area contributed by atoms with Crippen LogP contribution in [0, 0.1) is 6.92 Å². The highest BCUT2D eigenvalue weighted by Crippen LogP contribution is 2.09. The van der Waals surface area contributed by atoms with Crippen molar-refractivity contribution in [2.45, 2.75) is 14.4 Å². The normalized spacial score (nSPS) is 9.15. The Morgan fingerprint density at radius 3 is 1.15 bits per heavy atom. The molecule has 0 amide bonds. The van der Waals surface area contributed by atoms with E-state index in [1.807, 2.05) is 0 Å². The Morgan fingerprint density at radius 1 is 0.588 bits per heavy atom. The Morgan fingerprint density at radius 2 is 0.882 bits per heavy atom. The third kappa shape index (κ3) is 8.74.